The number of alkyl halides is 3. The topological polar surface area (TPSA) is 21.3 Å². The highest BCUT2D eigenvalue weighted by Gasteiger charge is 2.26. The summed E-state index contributed by atoms with van der Waals surface area (Å²) in [4.78, 5) is 0. The van der Waals surface area contributed by atoms with Crippen molar-refractivity contribution in [2.45, 2.75) is 12.6 Å². The van der Waals surface area contributed by atoms with E-state index in [1.54, 1.807) is 0 Å². The first-order chi connectivity index (χ1) is 8.33. The summed E-state index contributed by atoms with van der Waals surface area (Å²) < 4.78 is 66.6. The van der Waals surface area contributed by atoms with E-state index in [0.29, 0.717) is 0 Å². The lowest BCUT2D eigenvalue weighted by molar-refractivity contribution is -0.124. The van der Waals surface area contributed by atoms with E-state index in [4.69, 9.17) is 0 Å². The van der Waals surface area contributed by atoms with Gasteiger partial charge in [-0.15, -0.1) is 0 Å². The predicted molar refractivity (Wildman–Crippen MR) is 55.5 cm³/mol. The Morgan fingerprint density at radius 2 is 1.83 bits per heavy atom. The fraction of sp³-hybridized carbons (Fsp3) is 0.455. The molecule has 102 valence electrons. The van der Waals surface area contributed by atoms with Crippen molar-refractivity contribution in [1.29, 1.82) is 0 Å². The minimum absolute atomic E-state index is 0.00275. The third kappa shape index (κ3) is 4.48. The first-order valence-electron chi connectivity index (χ1n) is 5.13. The number of methoxy groups -OCH3 is 1. The highest BCUT2D eigenvalue weighted by atomic mass is 19.4. The summed E-state index contributed by atoms with van der Waals surface area (Å²) >= 11 is 0. The van der Waals surface area contributed by atoms with Crippen molar-refractivity contribution in [3.8, 4) is 5.75 Å². The Kier molecular flexibility index (Phi) is 4.89. The van der Waals surface area contributed by atoms with E-state index in [1.165, 1.54) is 7.11 Å². The molecule has 0 bridgehead atoms. The van der Waals surface area contributed by atoms with Crippen molar-refractivity contribution in [3.05, 3.63) is 29.3 Å². The molecule has 0 fully saturated rings. The number of rotatable bonds is 5. The second-order valence-electron chi connectivity index (χ2n) is 3.62. The molecule has 0 spiro atoms. The number of halogens is 5. The number of ether oxygens (including phenoxy) is 1. The predicted octanol–water partition coefficient (Wildman–Crippen LogP) is 2.67. The van der Waals surface area contributed by atoms with Crippen LogP contribution in [0.1, 0.15) is 5.56 Å². The molecule has 0 aliphatic rings. The number of hydrogen-bond acceptors (Lipinski definition) is 2. The molecule has 0 amide bonds. The molecule has 1 aromatic rings. The minimum Gasteiger partial charge on any atom is -0.494 e. The van der Waals surface area contributed by atoms with Crippen LogP contribution in [-0.2, 0) is 6.42 Å². The standard InChI is InChI=1S/C11H12F5NO/c1-18-10-5-8(12)7(4-9(10)13)2-3-17-6-11(14,15)16/h4-5,17H,2-3,6H2,1H3. The Balaban J connectivity index is 2.55. The van der Waals surface area contributed by atoms with Crippen LogP contribution in [0.4, 0.5) is 22.0 Å². The van der Waals surface area contributed by atoms with Crippen molar-refractivity contribution in [2.24, 2.45) is 0 Å². The lowest BCUT2D eigenvalue weighted by Crippen LogP contribution is -2.30. The zero-order valence-electron chi connectivity index (χ0n) is 9.57. The molecule has 1 rings (SSSR count). The summed E-state index contributed by atoms with van der Waals surface area (Å²) in [6, 6.07) is 1.79. The van der Waals surface area contributed by atoms with E-state index >= 15 is 0 Å². The fourth-order valence-corrected chi connectivity index (χ4v) is 1.37. The Labute approximate surface area is 101 Å². The monoisotopic (exact) mass is 269 g/mol. The molecule has 1 N–H and O–H groups in total. The molecule has 0 radical (unpaired) electrons. The van der Waals surface area contributed by atoms with Gasteiger partial charge in [-0.25, -0.2) is 8.78 Å². The van der Waals surface area contributed by atoms with Crippen LogP contribution in [-0.4, -0.2) is 26.4 Å². The number of benzene rings is 1. The maximum absolute atomic E-state index is 13.4. The lowest BCUT2D eigenvalue weighted by atomic mass is 10.1. The summed E-state index contributed by atoms with van der Waals surface area (Å²) in [5.41, 5.74) is 0.00275. The van der Waals surface area contributed by atoms with Crippen LogP contribution in [0.5, 0.6) is 5.75 Å². The van der Waals surface area contributed by atoms with Gasteiger partial charge in [0.25, 0.3) is 0 Å². The quantitative estimate of drug-likeness (QED) is 0.655. The molecule has 1 aromatic carbocycles. The van der Waals surface area contributed by atoms with Crippen LogP contribution in [0.2, 0.25) is 0 Å². The van der Waals surface area contributed by atoms with Gasteiger partial charge in [0, 0.05) is 6.07 Å². The van der Waals surface area contributed by atoms with E-state index < -0.39 is 24.4 Å². The van der Waals surface area contributed by atoms with Crippen LogP contribution in [0.25, 0.3) is 0 Å². The molecular weight excluding hydrogens is 257 g/mol. The smallest absolute Gasteiger partial charge is 0.401 e. The Morgan fingerprint density at radius 1 is 1.17 bits per heavy atom. The molecule has 0 atom stereocenters. The van der Waals surface area contributed by atoms with Crippen LogP contribution >= 0.6 is 0 Å². The highest BCUT2D eigenvalue weighted by Crippen LogP contribution is 2.21. The van der Waals surface area contributed by atoms with Crippen molar-refractivity contribution < 1.29 is 26.7 Å². The van der Waals surface area contributed by atoms with Gasteiger partial charge in [-0.1, -0.05) is 0 Å². The van der Waals surface area contributed by atoms with E-state index in [-0.39, 0.29) is 24.3 Å². The van der Waals surface area contributed by atoms with Crippen LogP contribution in [0.15, 0.2) is 12.1 Å². The van der Waals surface area contributed by atoms with Crippen molar-refractivity contribution in [2.75, 3.05) is 20.2 Å². The molecule has 0 aliphatic carbocycles. The second-order valence-corrected chi connectivity index (χ2v) is 3.62. The molecule has 0 unspecified atom stereocenters. The maximum Gasteiger partial charge on any atom is 0.401 e. The SMILES string of the molecule is COc1cc(F)c(CCNCC(F)(F)F)cc1F. The third-order valence-corrected chi connectivity index (χ3v) is 2.22. The van der Waals surface area contributed by atoms with Gasteiger partial charge in [0.1, 0.15) is 5.82 Å². The third-order valence-electron chi connectivity index (χ3n) is 2.22. The Bertz CT molecular complexity index is 405. The van der Waals surface area contributed by atoms with Gasteiger partial charge in [0.15, 0.2) is 11.6 Å². The van der Waals surface area contributed by atoms with E-state index in [1.807, 2.05) is 0 Å². The largest absolute Gasteiger partial charge is 0.494 e. The van der Waals surface area contributed by atoms with Crippen molar-refractivity contribution >= 4 is 0 Å². The normalized spacial score (nSPS) is 11.7. The maximum atomic E-state index is 13.4. The Morgan fingerprint density at radius 3 is 2.39 bits per heavy atom. The summed E-state index contributed by atoms with van der Waals surface area (Å²) in [7, 11) is 1.20. The van der Waals surface area contributed by atoms with Gasteiger partial charge in [0.2, 0.25) is 0 Å². The highest BCUT2D eigenvalue weighted by molar-refractivity contribution is 5.31. The first-order valence-corrected chi connectivity index (χ1v) is 5.13. The molecule has 2 nitrogen and oxygen atoms in total. The summed E-state index contributed by atoms with van der Waals surface area (Å²) in [6.45, 7) is -1.25. The van der Waals surface area contributed by atoms with Gasteiger partial charge in [-0.2, -0.15) is 13.2 Å². The van der Waals surface area contributed by atoms with Crippen molar-refractivity contribution in [3.63, 3.8) is 0 Å². The molecule has 0 saturated heterocycles. The van der Waals surface area contributed by atoms with Gasteiger partial charge in [0.05, 0.1) is 13.7 Å². The van der Waals surface area contributed by atoms with E-state index in [2.05, 4.69) is 10.1 Å². The van der Waals surface area contributed by atoms with Gasteiger partial charge in [-0.05, 0) is 24.6 Å². The summed E-state index contributed by atoms with van der Waals surface area (Å²) in [6.07, 6.45) is -4.35. The lowest BCUT2D eigenvalue weighted by Gasteiger charge is -2.09. The van der Waals surface area contributed by atoms with Crippen molar-refractivity contribution in [1.82, 2.24) is 5.32 Å². The summed E-state index contributed by atoms with van der Waals surface area (Å²) in [5.74, 6) is -1.69. The van der Waals surface area contributed by atoms with Crippen LogP contribution in [0, 0.1) is 11.6 Å². The first kappa shape index (κ1) is 14.7. The average molecular weight is 269 g/mol. The molecule has 0 aliphatic heterocycles. The van der Waals surface area contributed by atoms with Gasteiger partial charge >= 0.3 is 6.18 Å². The van der Waals surface area contributed by atoms with E-state index in [0.717, 1.165) is 12.1 Å². The fourth-order valence-electron chi connectivity index (χ4n) is 1.37. The average Bonchev–Trinajstić information content (AvgIpc) is 2.27. The molecule has 0 aromatic heterocycles. The minimum atomic E-state index is -4.32. The number of hydrogen-bond donors (Lipinski definition) is 1. The molecular formula is C11H12F5NO. The Hall–Kier alpha value is -1.37. The molecule has 7 heteroatoms. The molecule has 0 saturated carbocycles. The number of nitrogens with one attached hydrogen (secondary N) is 1. The molecule has 0 heterocycles. The van der Waals surface area contributed by atoms with E-state index in [9.17, 15) is 22.0 Å². The second kappa shape index (κ2) is 5.99. The van der Waals surface area contributed by atoms with Crippen LogP contribution < -0.4 is 10.1 Å². The zero-order chi connectivity index (χ0) is 13.8. The zero-order valence-corrected chi connectivity index (χ0v) is 9.57. The van der Waals surface area contributed by atoms with Gasteiger partial charge < -0.3 is 10.1 Å². The van der Waals surface area contributed by atoms with Gasteiger partial charge in [-0.3, -0.25) is 0 Å². The van der Waals surface area contributed by atoms with Crippen LogP contribution in [0.3, 0.4) is 0 Å². The molecule has 18 heavy (non-hydrogen) atoms. The summed E-state index contributed by atoms with van der Waals surface area (Å²) in [5, 5.41) is 2.10.